The number of amides is 1. The number of rotatable bonds is 3. The second kappa shape index (κ2) is 5.15. The first-order chi connectivity index (χ1) is 9.43. The Morgan fingerprint density at radius 3 is 2.05 bits per heavy atom. The van der Waals surface area contributed by atoms with Crippen LogP contribution in [-0.2, 0) is 4.74 Å². The lowest BCUT2D eigenvalue weighted by atomic mass is 10.0. The van der Waals surface area contributed by atoms with Gasteiger partial charge < -0.3 is 15.4 Å². The molecule has 2 saturated carbocycles. The summed E-state index contributed by atoms with van der Waals surface area (Å²) in [4.78, 5) is 11.8. The Morgan fingerprint density at radius 1 is 1.05 bits per heavy atom. The first-order valence-electron chi connectivity index (χ1n) is 8.19. The van der Waals surface area contributed by atoms with Crippen molar-refractivity contribution in [1.29, 1.82) is 0 Å². The standard InChI is InChI=1S/C17H32N2O2/c1-15(2,3)21-14(20)19-12-9-8-11(10-12)18-13-16(4,5)17(13,6)7/h11-13,18H,8-10H2,1-7H3,(H,19,20). The van der Waals surface area contributed by atoms with Crippen molar-refractivity contribution >= 4 is 6.09 Å². The molecule has 2 rings (SSSR count). The summed E-state index contributed by atoms with van der Waals surface area (Å²) in [7, 11) is 0. The molecule has 0 radical (unpaired) electrons. The Bertz CT molecular complexity index is 396. The summed E-state index contributed by atoms with van der Waals surface area (Å²) >= 11 is 0. The van der Waals surface area contributed by atoms with Gasteiger partial charge in [0, 0.05) is 18.1 Å². The van der Waals surface area contributed by atoms with Crippen LogP contribution < -0.4 is 10.6 Å². The van der Waals surface area contributed by atoms with E-state index < -0.39 is 5.60 Å². The molecular weight excluding hydrogens is 264 g/mol. The van der Waals surface area contributed by atoms with E-state index in [1.165, 1.54) is 0 Å². The third-order valence-corrected chi connectivity index (χ3v) is 5.58. The van der Waals surface area contributed by atoms with Gasteiger partial charge in [0.25, 0.3) is 0 Å². The molecule has 0 aromatic carbocycles. The van der Waals surface area contributed by atoms with Gasteiger partial charge >= 0.3 is 6.09 Å². The molecule has 0 spiro atoms. The lowest BCUT2D eigenvalue weighted by Gasteiger charge is -2.22. The summed E-state index contributed by atoms with van der Waals surface area (Å²) in [5.41, 5.74) is 0.301. The second-order valence-electron chi connectivity index (χ2n) is 8.90. The molecule has 1 amide bonds. The molecule has 21 heavy (non-hydrogen) atoms. The monoisotopic (exact) mass is 296 g/mol. The minimum absolute atomic E-state index is 0.238. The van der Waals surface area contributed by atoms with Crippen LogP contribution in [0.1, 0.15) is 67.7 Å². The maximum absolute atomic E-state index is 11.8. The number of carbonyl (C=O) groups is 1. The predicted octanol–water partition coefficient (Wildman–Crippen LogP) is 3.46. The van der Waals surface area contributed by atoms with E-state index in [1.807, 2.05) is 20.8 Å². The molecule has 2 N–H and O–H groups in total. The third-order valence-electron chi connectivity index (χ3n) is 5.58. The molecule has 0 saturated heterocycles. The van der Waals surface area contributed by atoms with Gasteiger partial charge in [-0.25, -0.2) is 4.79 Å². The SMILES string of the molecule is CC(C)(C)OC(=O)NC1CCC(NC2C(C)(C)C2(C)C)C1. The van der Waals surface area contributed by atoms with E-state index in [0.717, 1.165) is 19.3 Å². The van der Waals surface area contributed by atoms with Crippen LogP contribution in [0.4, 0.5) is 4.79 Å². The van der Waals surface area contributed by atoms with Crippen molar-refractivity contribution in [2.24, 2.45) is 10.8 Å². The number of ether oxygens (including phenoxy) is 1. The van der Waals surface area contributed by atoms with Gasteiger partial charge in [0.15, 0.2) is 0 Å². The summed E-state index contributed by atoms with van der Waals surface area (Å²) in [6.07, 6.45) is 2.87. The number of carbonyl (C=O) groups excluding carboxylic acids is 1. The predicted molar refractivity (Wildman–Crippen MR) is 85.3 cm³/mol. The van der Waals surface area contributed by atoms with Gasteiger partial charge in [-0.2, -0.15) is 0 Å². The molecule has 4 heteroatoms. The van der Waals surface area contributed by atoms with E-state index in [9.17, 15) is 4.79 Å². The summed E-state index contributed by atoms with van der Waals surface area (Å²) in [5.74, 6) is 0. The van der Waals surface area contributed by atoms with E-state index in [-0.39, 0.29) is 12.1 Å². The van der Waals surface area contributed by atoms with Crippen molar-refractivity contribution in [1.82, 2.24) is 10.6 Å². The van der Waals surface area contributed by atoms with E-state index >= 15 is 0 Å². The molecule has 2 fully saturated rings. The second-order valence-corrected chi connectivity index (χ2v) is 8.90. The van der Waals surface area contributed by atoms with Crippen LogP contribution in [0.5, 0.6) is 0 Å². The number of alkyl carbamates (subject to hydrolysis) is 1. The maximum atomic E-state index is 11.8. The zero-order valence-electron chi connectivity index (χ0n) is 14.7. The zero-order valence-corrected chi connectivity index (χ0v) is 14.7. The van der Waals surface area contributed by atoms with Gasteiger partial charge in [-0.05, 0) is 50.9 Å². The fourth-order valence-electron chi connectivity index (χ4n) is 3.59. The lowest BCUT2D eigenvalue weighted by Crippen LogP contribution is -2.39. The molecule has 0 bridgehead atoms. The highest BCUT2D eigenvalue weighted by Crippen LogP contribution is 2.62. The van der Waals surface area contributed by atoms with Crippen molar-refractivity contribution in [3.8, 4) is 0 Å². The average molecular weight is 296 g/mol. The van der Waals surface area contributed by atoms with Crippen LogP contribution in [0.15, 0.2) is 0 Å². The highest BCUT2D eigenvalue weighted by molar-refractivity contribution is 5.68. The average Bonchev–Trinajstić information content (AvgIpc) is 2.64. The van der Waals surface area contributed by atoms with Crippen molar-refractivity contribution in [2.45, 2.75) is 91.5 Å². The van der Waals surface area contributed by atoms with E-state index in [2.05, 4.69) is 38.3 Å². The number of hydrogen-bond acceptors (Lipinski definition) is 3. The molecule has 122 valence electrons. The van der Waals surface area contributed by atoms with Crippen LogP contribution >= 0.6 is 0 Å². The third kappa shape index (κ3) is 3.53. The minimum atomic E-state index is -0.428. The zero-order chi connectivity index (χ0) is 16.1. The van der Waals surface area contributed by atoms with E-state index in [0.29, 0.717) is 22.9 Å². The van der Waals surface area contributed by atoms with Gasteiger partial charge in [-0.3, -0.25) is 0 Å². The molecular formula is C17H32N2O2. The molecule has 0 heterocycles. The Balaban J connectivity index is 1.76. The first-order valence-corrected chi connectivity index (χ1v) is 8.19. The number of nitrogens with one attached hydrogen (secondary N) is 2. The summed E-state index contributed by atoms with van der Waals surface area (Å²) in [6, 6.07) is 1.33. The van der Waals surface area contributed by atoms with Crippen LogP contribution in [0, 0.1) is 10.8 Å². The highest BCUT2D eigenvalue weighted by Gasteiger charge is 2.65. The summed E-state index contributed by atoms with van der Waals surface area (Å²) in [6.45, 7) is 15.0. The van der Waals surface area contributed by atoms with Crippen LogP contribution in [0.25, 0.3) is 0 Å². The van der Waals surface area contributed by atoms with Crippen molar-refractivity contribution < 1.29 is 9.53 Å². The Labute approximate surface area is 129 Å². The fourth-order valence-corrected chi connectivity index (χ4v) is 3.59. The van der Waals surface area contributed by atoms with E-state index in [4.69, 9.17) is 4.74 Å². The quantitative estimate of drug-likeness (QED) is 0.838. The van der Waals surface area contributed by atoms with Gasteiger partial charge in [0.05, 0.1) is 0 Å². The van der Waals surface area contributed by atoms with Gasteiger partial charge in [0.1, 0.15) is 5.60 Å². The van der Waals surface area contributed by atoms with Crippen molar-refractivity contribution in [3.63, 3.8) is 0 Å². The normalized spacial score (nSPS) is 31.0. The Morgan fingerprint density at radius 2 is 1.57 bits per heavy atom. The first kappa shape index (κ1) is 16.6. The highest BCUT2D eigenvalue weighted by atomic mass is 16.6. The van der Waals surface area contributed by atoms with E-state index in [1.54, 1.807) is 0 Å². The topological polar surface area (TPSA) is 50.4 Å². The summed E-state index contributed by atoms with van der Waals surface area (Å²) < 4.78 is 5.32. The fraction of sp³-hybridized carbons (Fsp3) is 0.941. The molecule has 2 atom stereocenters. The molecule has 0 aromatic rings. The van der Waals surface area contributed by atoms with Gasteiger partial charge in [-0.1, -0.05) is 27.7 Å². The van der Waals surface area contributed by atoms with Crippen LogP contribution in [0.3, 0.4) is 0 Å². The minimum Gasteiger partial charge on any atom is -0.444 e. The van der Waals surface area contributed by atoms with Crippen LogP contribution in [-0.4, -0.2) is 29.8 Å². The molecule has 2 aliphatic carbocycles. The largest absolute Gasteiger partial charge is 0.444 e. The van der Waals surface area contributed by atoms with Gasteiger partial charge in [-0.15, -0.1) is 0 Å². The summed E-state index contributed by atoms with van der Waals surface area (Å²) in [5, 5.41) is 6.79. The number of hydrogen-bond donors (Lipinski definition) is 2. The molecule has 0 aliphatic heterocycles. The van der Waals surface area contributed by atoms with Crippen molar-refractivity contribution in [3.05, 3.63) is 0 Å². The van der Waals surface area contributed by atoms with Crippen molar-refractivity contribution in [2.75, 3.05) is 0 Å². The smallest absolute Gasteiger partial charge is 0.407 e. The Hall–Kier alpha value is -0.770. The Kier molecular flexibility index (Phi) is 4.07. The molecule has 4 nitrogen and oxygen atoms in total. The maximum Gasteiger partial charge on any atom is 0.407 e. The lowest BCUT2D eigenvalue weighted by molar-refractivity contribution is 0.0505. The molecule has 2 unspecified atom stereocenters. The van der Waals surface area contributed by atoms with Gasteiger partial charge in [0.2, 0.25) is 0 Å². The molecule has 2 aliphatic rings. The van der Waals surface area contributed by atoms with Crippen LogP contribution in [0.2, 0.25) is 0 Å². The molecule has 0 aromatic heterocycles.